The predicted molar refractivity (Wildman–Crippen MR) is 66.4 cm³/mol. The average molecular weight is 301 g/mol. The van der Waals surface area contributed by atoms with E-state index in [0.29, 0.717) is 5.69 Å². The number of hydrogen-bond acceptors (Lipinski definition) is 5. The molecule has 2 rings (SSSR count). The van der Waals surface area contributed by atoms with Crippen LogP contribution in [0.2, 0.25) is 0 Å². The number of carbonyl (C=O) groups is 1. The minimum absolute atomic E-state index is 0.0422. The SMILES string of the molecule is O=C(O)CSc1nncn1-c1ccccc1OC(F)F. The van der Waals surface area contributed by atoms with Crippen LogP contribution in [-0.2, 0) is 4.79 Å². The Balaban J connectivity index is 2.32. The van der Waals surface area contributed by atoms with Crippen LogP contribution >= 0.6 is 11.8 Å². The van der Waals surface area contributed by atoms with E-state index in [2.05, 4.69) is 14.9 Å². The van der Waals surface area contributed by atoms with Crippen molar-refractivity contribution < 1.29 is 23.4 Å². The third-order valence-electron chi connectivity index (χ3n) is 2.18. The minimum Gasteiger partial charge on any atom is -0.481 e. The first-order valence-electron chi connectivity index (χ1n) is 5.36. The van der Waals surface area contributed by atoms with Crippen LogP contribution in [-0.4, -0.2) is 38.2 Å². The minimum atomic E-state index is -2.96. The zero-order chi connectivity index (χ0) is 14.5. The van der Waals surface area contributed by atoms with E-state index in [1.54, 1.807) is 18.2 Å². The zero-order valence-electron chi connectivity index (χ0n) is 9.94. The fourth-order valence-electron chi connectivity index (χ4n) is 1.47. The molecule has 0 aliphatic heterocycles. The molecule has 9 heteroatoms. The summed E-state index contributed by atoms with van der Waals surface area (Å²) in [6.45, 7) is -2.96. The summed E-state index contributed by atoms with van der Waals surface area (Å²) < 4.78 is 30.5. The van der Waals surface area contributed by atoms with E-state index < -0.39 is 12.6 Å². The summed E-state index contributed by atoms with van der Waals surface area (Å²) in [6.07, 6.45) is 1.30. The Labute approximate surface area is 116 Å². The number of halogens is 2. The van der Waals surface area contributed by atoms with Crippen molar-refractivity contribution in [2.45, 2.75) is 11.8 Å². The monoisotopic (exact) mass is 301 g/mol. The Morgan fingerprint density at radius 3 is 2.90 bits per heavy atom. The molecular formula is C11H9F2N3O3S. The van der Waals surface area contributed by atoms with E-state index >= 15 is 0 Å². The van der Waals surface area contributed by atoms with Crippen LogP contribution in [0.15, 0.2) is 35.7 Å². The van der Waals surface area contributed by atoms with Crippen molar-refractivity contribution in [2.75, 3.05) is 5.75 Å². The number of aromatic nitrogens is 3. The first kappa shape index (κ1) is 14.3. The summed E-state index contributed by atoms with van der Waals surface area (Å²) in [5.74, 6) is -1.27. The molecule has 0 saturated carbocycles. The molecule has 0 saturated heterocycles. The van der Waals surface area contributed by atoms with Crippen molar-refractivity contribution in [3.63, 3.8) is 0 Å². The topological polar surface area (TPSA) is 77.2 Å². The van der Waals surface area contributed by atoms with Crippen LogP contribution in [0.5, 0.6) is 5.75 Å². The third kappa shape index (κ3) is 3.44. The first-order valence-corrected chi connectivity index (χ1v) is 6.35. The van der Waals surface area contributed by atoms with Gasteiger partial charge < -0.3 is 9.84 Å². The molecule has 1 heterocycles. The Morgan fingerprint density at radius 2 is 2.20 bits per heavy atom. The lowest BCUT2D eigenvalue weighted by molar-refractivity contribution is -0.133. The highest BCUT2D eigenvalue weighted by Gasteiger charge is 2.15. The Morgan fingerprint density at radius 1 is 1.45 bits per heavy atom. The van der Waals surface area contributed by atoms with Gasteiger partial charge in [-0.25, -0.2) is 0 Å². The molecule has 106 valence electrons. The number of alkyl halides is 2. The fourth-order valence-corrected chi connectivity index (χ4v) is 2.11. The number of para-hydroxylation sites is 2. The number of nitrogens with zero attached hydrogens (tertiary/aromatic N) is 3. The second kappa shape index (κ2) is 6.33. The molecule has 1 aromatic carbocycles. The lowest BCUT2D eigenvalue weighted by atomic mass is 10.3. The molecule has 0 radical (unpaired) electrons. The van der Waals surface area contributed by atoms with Crippen LogP contribution in [0.25, 0.3) is 5.69 Å². The maximum atomic E-state index is 12.4. The van der Waals surface area contributed by atoms with Gasteiger partial charge in [0.15, 0.2) is 5.16 Å². The Bertz CT molecular complexity index is 606. The van der Waals surface area contributed by atoms with Crippen LogP contribution in [0, 0.1) is 0 Å². The van der Waals surface area contributed by atoms with Crippen molar-refractivity contribution in [1.29, 1.82) is 0 Å². The number of carboxylic acid groups (broad SMARTS) is 1. The van der Waals surface area contributed by atoms with Crippen LogP contribution in [0.4, 0.5) is 8.78 Å². The maximum Gasteiger partial charge on any atom is 0.387 e. The van der Waals surface area contributed by atoms with E-state index in [-0.39, 0.29) is 16.7 Å². The van der Waals surface area contributed by atoms with Gasteiger partial charge >= 0.3 is 12.6 Å². The highest BCUT2D eigenvalue weighted by Crippen LogP contribution is 2.27. The largest absolute Gasteiger partial charge is 0.481 e. The number of benzene rings is 1. The summed E-state index contributed by atoms with van der Waals surface area (Å²) >= 11 is 0.931. The standard InChI is InChI=1S/C11H9F2N3O3S/c12-10(13)19-8-4-2-1-3-7(8)16-6-14-15-11(16)20-5-9(17)18/h1-4,6,10H,5H2,(H,17,18). The maximum absolute atomic E-state index is 12.4. The molecule has 1 N–H and O–H groups in total. The summed E-state index contributed by atoms with van der Waals surface area (Å²) in [4.78, 5) is 10.6. The number of carboxylic acids is 1. The van der Waals surface area contributed by atoms with Crippen molar-refractivity contribution in [3.8, 4) is 11.4 Å². The molecule has 2 aromatic rings. The predicted octanol–water partition coefficient (Wildman–Crippen LogP) is 2.05. The van der Waals surface area contributed by atoms with Gasteiger partial charge in [-0.1, -0.05) is 23.9 Å². The zero-order valence-corrected chi connectivity index (χ0v) is 10.8. The van der Waals surface area contributed by atoms with Gasteiger partial charge in [0, 0.05) is 0 Å². The summed E-state index contributed by atoms with van der Waals surface area (Å²) in [5.41, 5.74) is 0.311. The van der Waals surface area contributed by atoms with Gasteiger partial charge in [0.05, 0.1) is 11.4 Å². The van der Waals surface area contributed by atoms with Gasteiger partial charge in [-0.15, -0.1) is 10.2 Å². The third-order valence-corrected chi connectivity index (χ3v) is 3.11. The molecule has 0 fully saturated rings. The van der Waals surface area contributed by atoms with E-state index in [9.17, 15) is 13.6 Å². The summed E-state index contributed by atoms with van der Waals surface area (Å²) in [7, 11) is 0. The molecule has 20 heavy (non-hydrogen) atoms. The van der Waals surface area contributed by atoms with Gasteiger partial charge in [-0.2, -0.15) is 8.78 Å². The summed E-state index contributed by atoms with van der Waals surface area (Å²) in [5, 5.41) is 16.3. The second-order valence-electron chi connectivity index (χ2n) is 3.51. The van der Waals surface area contributed by atoms with Gasteiger partial charge in [0.1, 0.15) is 12.1 Å². The number of ether oxygens (including phenoxy) is 1. The van der Waals surface area contributed by atoms with Crippen LogP contribution in [0.3, 0.4) is 0 Å². The van der Waals surface area contributed by atoms with Crippen molar-refractivity contribution >= 4 is 17.7 Å². The normalized spacial score (nSPS) is 10.8. The van der Waals surface area contributed by atoms with Crippen molar-refractivity contribution in [1.82, 2.24) is 14.8 Å². The highest BCUT2D eigenvalue weighted by molar-refractivity contribution is 7.99. The van der Waals surface area contributed by atoms with Gasteiger partial charge in [0.25, 0.3) is 0 Å². The average Bonchev–Trinajstić information content (AvgIpc) is 2.84. The highest BCUT2D eigenvalue weighted by atomic mass is 32.2. The molecule has 0 atom stereocenters. The number of rotatable bonds is 6. The molecule has 1 aromatic heterocycles. The molecule has 0 spiro atoms. The van der Waals surface area contributed by atoms with E-state index in [4.69, 9.17) is 5.11 Å². The first-order chi connectivity index (χ1) is 9.58. The molecular weight excluding hydrogens is 292 g/mol. The molecule has 0 aliphatic carbocycles. The van der Waals surface area contributed by atoms with Crippen LogP contribution in [0.1, 0.15) is 0 Å². The molecule has 0 aliphatic rings. The number of hydrogen-bond donors (Lipinski definition) is 1. The van der Waals surface area contributed by atoms with E-state index in [1.807, 2.05) is 0 Å². The van der Waals surface area contributed by atoms with Gasteiger partial charge in [-0.3, -0.25) is 9.36 Å². The molecule has 0 bridgehead atoms. The molecule has 0 unspecified atom stereocenters. The van der Waals surface area contributed by atoms with Crippen molar-refractivity contribution in [2.24, 2.45) is 0 Å². The molecule has 6 nitrogen and oxygen atoms in total. The Hall–Kier alpha value is -2.16. The van der Waals surface area contributed by atoms with E-state index in [0.717, 1.165) is 11.8 Å². The lowest BCUT2D eigenvalue weighted by Gasteiger charge is -2.11. The number of aliphatic carboxylic acids is 1. The lowest BCUT2D eigenvalue weighted by Crippen LogP contribution is -2.07. The van der Waals surface area contributed by atoms with Gasteiger partial charge in [0.2, 0.25) is 0 Å². The van der Waals surface area contributed by atoms with E-state index in [1.165, 1.54) is 17.0 Å². The van der Waals surface area contributed by atoms with Crippen molar-refractivity contribution in [3.05, 3.63) is 30.6 Å². The quantitative estimate of drug-likeness (QED) is 0.823. The second-order valence-corrected chi connectivity index (χ2v) is 4.45. The smallest absolute Gasteiger partial charge is 0.387 e. The Kier molecular flexibility index (Phi) is 4.51. The fraction of sp³-hybridized carbons (Fsp3) is 0.182. The molecule has 0 amide bonds. The van der Waals surface area contributed by atoms with Crippen LogP contribution < -0.4 is 4.74 Å². The summed E-state index contributed by atoms with van der Waals surface area (Å²) in [6, 6.07) is 6.12. The number of thioether (sulfide) groups is 1. The van der Waals surface area contributed by atoms with Gasteiger partial charge in [-0.05, 0) is 12.1 Å².